The molecule has 0 aliphatic carbocycles. The van der Waals surface area contributed by atoms with Gasteiger partial charge < -0.3 is 9.52 Å². The third-order valence-electron chi connectivity index (χ3n) is 3.08. The maximum absolute atomic E-state index is 9.58. The molecule has 20 heavy (non-hydrogen) atoms. The highest BCUT2D eigenvalue weighted by Crippen LogP contribution is 2.37. The molecular formula is C15H11Cl2NO2. The molecule has 3 rings (SSSR count). The first-order valence-corrected chi connectivity index (χ1v) is 6.77. The number of benzene rings is 2. The summed E-state index contributed by atoms with van der Waals surface area (Å²) in [6, 6.07) is 7.15. The smallest absolute Gasteiger partial charge is 0.227 e. The number of phenols is 1. The summed E-state index contributed by atoms with van der Waals surface area (Å²) in [5.74, 6) is 0.290. The molecule has 0 amide bonds. The van der Waals surface area contributed by atoms with Gasteiger partial charge in [-0.05, 0) is 43.2 Å². The molecule has 0 saturated heterocycles. The van der Waals surface area contributed by atoms with Crippen molar-refractivity contribution in [3.8, 4) is 17.2 Å². The van der Waals surface area contributed by atoms with E-state index in [9.17, 15) is 5.11 Å². The van der Waals surface area contributed by atoms with E-state index in [-0.39, 0.29) is 15.8 Å². The molecule has 0 bridgehead atoms. The Labute approximate surface area is 125 Å². The molecule has 2 aromatic carbocycles. The Morgan fingerprint density at radius 2 is 1.70 bits per heavy atom. The van der Waals surface area contributed by atoms with E-state index in [2.05, 4.69) is 4.98 Å². The fourth-order valence-electron chi connectivity index (χ4n) is 2.19. The average Bonchev–Trinajstić information content (AvgIpc) is 2.79. The van der Waals surface area contributed by atoms with Crippen LogP contribution >= 0.6 is 23.2 Å². The number of aryl methyl sites for hydroxylation is 2. The van der Waals surface area contributed by atoms with E-state index in [1.54, 1.807) is 12.1 Å². The molecule has 1 N–H and O–H groups in total. The van der Waals surface area contributed by atoms with Crippen LogP contribution in [0.2, 0.25) is 10.0 Å². The summed E-state index contributed by atoms with van der Waals surface area (Å²) in [5.41, 5.74) is 4.31. The lowest BCUT2D eigenvalue weighted by molar-refractivity contribution is 0.476. The van der Waals surface area contributed by atoms with Crippen LogP contribution in [0.3, 0.4) is 0 Å². The molecule has 0 unspecified atom stereocenters. The lowest BCUT2D eigenvalue weighted by atomic mass is 10.1. The number of rotatable bonds is 1. The zero-order valence-corrected chi connectivity index (χ0v) is 12.4. The number of nitrogens with zero attached hydrogens (tertiary/aromatic N) is 1. The summed E-state index contributed by atoms with van der Waals surface area (Å²) in [6.45, 7) is 3.98. The second kappa shape index (κ2) is 4.69. The van der Waals surface area contributed by atoms with Gasteiger partial charge in [0.1, 0.15) is 5.52 Å². The Kier molecular flexibility index (Phi) is 3.11. The first-order chi connectivity index (χ1) is 9.45. The number of oxazole rings is 1. The monoisotopic (exact) mass is 307 g/mol. The van der Waals surface area contributed by atoms with Gasteiger partial charge in [-0.3, -0.25) is 0 Å². The summed E-state index contributed by atoms with van der Waals surface area (Å²) in [5, 5.41) is 9.92. The van der Waals surface area contributed by atoms with Crippen molar-refractivity contribution in [2.24, 2.45) is 0 Å². The maximum atomic E-state index is 9.58. The quantitative estimate of drug-likeness (QED) is 0.678. The molecule has 0 radical (unpaired) electrons. The van der Waals surface area contributed by atoms with Crippen LogP contribution in [0.1, 0.15) is 11.1 Å². The summed E-state index contributed by atoms with van der Waals surface area (Å²) < 4.78 is 5.78. The first-order valence-electron chi connectivity index (χ1n) is 6.02. The lowest BCUT2D eigenvalue weighted by Gasteiger charge is -2.02. The van der Waals surface area contributed by atoms with Crippen LogP contribution < -0.4 is 0 Å². The molecule has 102 valence electrons. The van der Waals surface area contributed by atoms with E-state index in [4.69, 9.17) is 27.6 Å². The summed E-state index contributed by atoms with van der Waals surface area (Å²) in [4.78, 5) is 4.45. The number of hydrogen-bond acceptors (Lipinski definition) is 3. The molecule has 0 fully saturated rings. The Morgan fingerprint density at radius 1 is 1.05 bits per heavy atom. The Bertz CT molecular complexity index is 801. The Balaban J connectivity index is 2.22. The van der Waals surface area contributed by atoms with Crippen LogP contribution in [0.5, 0.6) is 5.75 Å². The molecule has 0 saturated carbocycles. The first kappa shape index (κ1) is 13.3. The summed E-state index contributed by atoms with van der Waals surface area (Å²) in [6.07, 6.45) is 0. The van der Waals surface area contributed by atoms with Gasteiger partial charge in [0, 0.05) is 5.56 Å². The molecule has 3 nitrogen and oxygen atoms in total. The van der Waals surface area contributed by atoms with Crippen molar-refractivity contribution >= 4 is 34.3 Å². The van der Waals surface area contributed by atoms with Crippen LogP contribution in [-0.2, 0) is 0 Å². The number of halogens is 2. The van der Waals surface area contributed by atoms with E-state index >= 15 is 0 Å². The van der Waals surface area contributed by atoms with Gasteiger partial charge in [0.15, 0.2) is 11.3 Å². The fraction of sp³-hybridized carbons (Fsp3) is 0.133. The van der Waals surface area contributed by atoms with Crippen molar-refractivity contribution in [2.45, 2.75) is 13.8 Å². The largest absolute Gasteiger partial charge is 0.505 e. The summed E-state index contributed by atoms with van der Waals surface area (Å²) >= 11 is 11.8. The molecule has 5 heteroatoms. The third-order valence-corrected chi connectivity index (χ3v) is 3.66. The molecule has 0 aliphatic heterocycles. The summed E-state index contributed by atoms with van der Waals surface area (Å²) in [7, 11) is 0. The molecule has 0 aliphatic rings. The topological polar surface area (TPSA) is 46.3 Å². The van der Waals surface area contributed by atoms with Crippen LogP contribution in [-0.4, -0.2) is 10.1 Å². The van der Waals surface area contributed by atoms with Gasteiger partial charge in [-0.2, -0.15) is 0 Å². The molecule has 0 atom stereocenters. The molecular weight excluding hydrogens is 297 g/mol. The minimum atomic E-state index is -0.139. The highest BCUT2D eigenvalue weighted by atomic mass is 35.5. The predicted molar refractivity (Wildman–Crippen MR) is 80.6 cm³/mol. The highest BCUT2D eigenvalue weighted by Gasteiger charge is 2.14. The second-order valence-electron chi connectivity index (χ2n) is 4.74. The van der Waals surface area contributed by atoms with Gasteiger partial charge in [-0.1, -0.05) is 29.3 Å². The van der Waals surface area contributed by atoms with E-state index in [0.29, 0.717) is 11.5 Å². The minimum absolute atomic E-state index is 0.139. The Morgan fingerprint density at radius 3 is 2.35 bits per heavy atom. The SMILES string of the molecule is Cc1cc(C)c2oc(-c3cc(Cl)c(O)c(Cl)c3)nc2c1. The molecule has 3 aromatic rings. The van der Waals surface area contributed by atoms with Crippen LogP contribution in [0.25, 0.3) is 22.6 Å². The normalized spacial score (nSPS) is 11.2. The average molecular weight is 308 g/mol. The minimum Gasteiger partial charge on any atom is -0.505 e. The van der Waals surface area contributed by atoms with Crippen molar-refractivity contribution in [3.63, 3.8) is 0 Å². The van der Waals surface area contributed by atoms with E-state index < -0.39 is 0 Å². The van der Waals surface area contributed by atoms with Crippen LogP contribution in [0.15, 0.2) is 28.7 Å². The second-order valence-corrected chi connectivity index (χ2v) is 5.55. The number of fused-ring (bicyclic) bond motifs is 1. The van der Waals surface area contributed by atoms with E-state index in [0.717, 1.165) is 22.2 Å². The zero-order valence-electron chi connectivity index (χ0n) is 10.9. The van der Waals surface area contributed by atoms with Crippen LogP contribution in [0, 0.1) is 13.8 Å². The van der Waals surface area contributed by atoms with Gasteiger partial charge in [-0.15, -0.1) is 0 Å². The molecule has 0 spiro atoms. The van der Waals surface area contributed by atoms with Crippen LogP contribution in [0.4, 0.5) is 0 Å². The predicted octanol–water partition coefficient (Wildman–Crippen LogP) is 5.12. The van der Waals surface area contributed by atoms with Crippen molar-refractivity contribution in [1.29, 1.82) is 0 Å². The van der Waals surface area contributed by atoms with E-state index in [1.807, 2.05) is 26.0 Å². The van der Waals surface area contributed by atoms with Crippen molar-refractivity contribution in [3.05, 3.63) is 45.4 Å². The number of aromatic hydroxyl groups is 1. The molecule has 1 aromatic heterocycles. The number of phenolic OH excluding ortho intramolecular Hbond substituents is 1. The van der Waals surface area contributed by atoms with E-state index in [1.165, 1.54) is 0 Å². The van der Waals surface area contributed by atoms with Gasteiger partial charge in [0.25, 0.3) is 0 Å². The van der Waals surface area contributed by atoms with Crippen molar-refractivity contribution in [2.75, 3.05) is 0 Å². The van der Waals surface area contributed by atoms with Gasteiger partial charge in [0.05, 0.1) is 10.0 Å². The number of hydrogen-bond donors (Lipinski definition) is 1. The standard InChI is InChI=1S/C15H11Cl2NO2/c1-7-3-8(2)14-12(4-7)18-15(20-14)9-5-10(16)13(19)11(17)6-9/h3-6,19H,1-2H3. The van der Waals surface area contributed by atoms with Crippen molar-refractivity contribution < 1.29 is 9.52 Å². The fourth-order valence-corrected chi connectivity index (χ4v) is 2.68. The van der Waals surface area contributed by atoms with Gasteiger partial charge >= 0.3 is 0 Å². The Hall–Kier alpha value is -1.71. The number of aromatic nitrogens is 1. The van der Waals surface area contributed by atoms with Crippen molar-refractivity contribution in [1.82, 2.24) is 4.98 Å². The third kappa shape index (κ3) is 2.13. The van der Waals surface area contributed by atoms with Gasteiger partial charge in [0.2, 0.25) is 5.89 Å². The maximum Gasteiger partial charge on any atom is 0.227 e. The molecule has 1 heterocycles. The lowest BCUT2D eigenvalue weighted by Crippen LogP contribution is -1.80. The van der Waals surface area contributed by atoms with Gasteiger partial charge in [-0.25, -0.2) is 4.98 Å². The zero-order chi connectivity index (χ0) is 14.4. The highest BCUT2D eigenvalue weighted by molar-refractivity contribution is 6.37.